The van der Waals surface area contributed by atoms with E-state index in [1.807, 2.05) is 36.1 Å². The van der Waals surface area contributed by atoms with Crippen LogP contribution < -0.4 is 4.90 Å². The van der Waals surface area contributed by atoms with Crippen molar-refractivity contribution >= 4 is 18.0 Å². The first-order valence-electron chi connectivity index (χ1n) is 12.3. The van der Waals surface area contributed by atoms with E-state index in [-0.39, 0.29) is 30.2 Å². The molecule has 8 heteroatoms. The number of piperidine rings is 1. The number of carbonyl (C=O) groups is 3. The molecule has 0 spiro atoms. The van der Waals surface area contributed by atoms with E-state index in [1.165, 1.54) is 10.5 Å². The fourth-order valence-corrected chi connectivity index (χ4v) is 6.01. The number of cyclic esters (lactones) is 2. The van der Waals surface area contributed by atoms with Crippen molar-refractivity contribution in [1.82, 2.24) is 4.90 Å². The molecule has 6 rings (SSSR count). The fraction of sp³-hybridized carbons (Fsp3) is 0.444. The van der Waals surface area contributed by atoms with Gasteiger partial charge in [-0.2, -0.15) is 0 Å². The van der Waals surface area contributed by atoms with Crippen molar-refractivity contribution in [2.45, 2.75) is 58.6 Å². The molecule has 3 atom stereocenters. The molecule has 8 nitrogen and oxygen atoms in total. The van der Waals surface area contributed by atoms with Crippen LogP contribution in [0.2, 0.25) is 0 Å². The Morgan fingerprint density at radius 1 is 0.914 bits per heavy atom. The van der Waals surface area contributed by atoms with Crippen LogP contribution in [0.3, 0.4) is 0 Å². The Labute approximate surface area is 203 Å². The molecular weight excluding hydrogens is 448 g/mol. The van der Waals surface area contributed by atoms with Gasteiger partial charge in [-0.25, -0.2) is 14.4 Å². The molecule has 4 aliphatic rings. The maximum atomic E-state index is 12.8. The number of benzene rings is 2. The number of esters is 2. The zero-order chi connectivity index (χ0) is 24.3. The Kier molecular flexibility index (Phi) is 5.29. The number of hydrogen-bond acceptors (Lipinski definition) is 6. The fourth-order valence-electron chi connectivity index (χ4n) is 6.01. The van der Waals surface area contributed by atoms with E-state index in [0.717, 1.165) is 60.3 Å². The number of amides is 1. The van der Waals surface area contributed by atoms with E-state index in [1.54, 1.807) is 0 Å². The second-order valence-corrected chi connectivity index (χ2v) is 10.0. The summed E-state index contributed by atoms with van der Waals surface area (Å²) < 4.78 is 16.2. The van der Waals surface area contributed by atoms with Gasteiger partial charge < -0.3 is 19.1 Å². The highest BCUT2D eigenvalue weighted by Crippen LogP contribution is 2.30. The van der Waals surface area contributed by atoms with E-state index in [9.17, 15) is 14.4 Å². The summed E-state index contributed by atoms with van der Waals surface area (Å²) in [6, 6.07) is 7.73. The molecule has 0 bridgehead atoms. The van der Waals surface area contributed by atoms with Crippen molar-refractivity contribution in [3.8, 4) is 0 Å². The predicted molar refractivity (Wildman–Crippen MR) is 124 cm³/mol. The second kappa shape index (κ2) is 8.37. The molecular formula is C27H29N2O6+. The van der Waals surface area contributed by atoms with E-state index in [0.29, 0.717) is 30.9 Å². The number of fused-ring (bicyclic) bond motifs is 3. The first-order chi connectivity index (χ1) is 16.9. The maximum absolute atomic E-state index is 12.8. The summed E-state index contributed by atoms with van der Waals surface area (Å²) in [7, 11) is 0. The minimum atomic E-state index is -0.275. The lowest BCUT2D eigenvalue weighted by atomic mass is 9.95. The van der Waals surface area contributed by atoms with Crippen molar-refractivity contribution in [2.75, 3.05) is 19.6 Å². The number of nitrogens with zero attached hydrogens (tertiary/aromatic N) is 1. The number of ether oxygens (including phenoxy) is 3. The van der Waals surface area contributed by atoms with Crippen molar-refractivity contribution in [2.24, 2.45) is 0 Å². The van der Waals surface area contributed by atoms with Crippen LogP contribution in [-0.4, -0.2) is 54.7 Å². The molecule has 4 heterocycles. The van der Waals surface area contributed by atoms with Gasteiger partial charge in [0, 0.05) is 30.5 Å². The van der Waals surface area contributed by atoms with Gasteiger partial charge >= 0.3 is 18.0 Å². The van der Waals surface area contributed by atoms with Gasteiger partial charge in [-0.1, -0.05) is 12.1 Å². The van der Waals surface area contributed by atoms with Crippen molar-refractivity contribution in [1.29, 1.82) is 0 Å². The molecule has 2 fully saturated rings. The lowest BCUT2D eigenvalue weighted by molar-refractivity contribution is -0.908. The van der Waals surface area contributed by atoms with Crippen LogP contribution in [0.25, 0.3) is 0 Å². The number of likely N-dealkylation sites (tertiary alicyclic amines) is 1. The van der Waals surface area contributed by atoms with Gasteiger partial charge in [-0.3, -0.25) is 4.90 Å². The summed E-state index contributed by atoms with van der Waals surface area (Å²) >= 11 is 0. The van der Waals surface area contributed by atoms with Gasteiger partial charge in [0.2, 0.25) is 0 Å². The Hall–Kier alpha value is -3.39. The first-order valence-corrected chi connectivity index (χ1v) is 12.3. The van der Waals surface area contributed by atoms with Gasteiger partial charge in [-0.05, 0) is 48.2 Å². The number of quaternary nitrogens is 1. The smallest absolute Gasteiger partial charge is 0.411 e. The molecule has 0 aromatic heterocycles. The van der Waals surface area contributed by atoms with Crippen LogP contribution in [0.4, 0.5) is 4.79 Å². The SMILES string of the molecule is Cc1c(CC[NH+]2CC[C@@H]3[C@@H](C2)OC(=O)N3Cc2ccc3c(c2C)COC3=O)ccc2c1COC2=O. The average molecular weight is 478 g/mol. The van der Waals surface area contributed by atoms with Crippen LogP contribution >= 0.6 is 0 Å². The normalized spacial score (nSPS) is 24.6. The Morgan fingerprint density at radius 3 is 2.23 bits per heavy atom. The minimum Gasteiger partial charge on any atom is -0.457 e. The maximum Gasteiger partial charge on any atom is 0.411 e. The third-order valence-corrected chi connectivity index (χ3v) is 8.24. The standard InChI is InChI=1S/C27H28N2O6/c1-15-17(3-5-19-21(15)13-33-25(19)30)7-9-28-10-8-23-24(12-28)35-27(32)29(23)11-18-4-6-20-22(16(18)2)14-34-26(20)31/h3-6,23-24H,7-14H2,1-2H3/p+1/t23-,24-/m1/s1. The van der Waals surface area contributed by atoms with Crippen LogP contribution in [0.1, 0.15) is 60.5 Å². The first kappa shape index (κ1) is 22.1. The van der Waals surface area contributed by atoms with Crippen LogP contribution in [0.15, 0.2) is 24.3 Å². The summed E-state index contributed by atoms with van der Waals surface area (Å²) in [6.45, 7) is 7.94. The molecule has 35 heavy (non-hydrogen) atoms. The highest BCUT2D eigenvalue weighted by Gasteiger charge is 2.46. The van der Waals surface area contributed by atoms with Gasteiger partial charge in [0.25, 0.3) is 0 Å². The molecule has 0 aliphatic carbocycles. The monoisotopic (exact) mass is 477 g/mol. The molecule has 0 radical (unpaired) electrons. The Bertz CT molecular complexity index is 1250. The molecule has 1 N–H and O–H groups in total. The molecule has 0 saturated carbocycles. The molecule has 2 aromatic rings. The summed E-state index contributed by atoms with van der Waals surface area (Å²) in [5, 5.41) is 0. The van der Waals surface area contributed by atoms with E-state index in [2.05, 4.69) is 6.92 Å². The topological polar surface area (TPSA) is 86.6 Å². The van der Waals surface area contributed by atoms with Crippen molar-refractivity contribution in [3.63, 3.8) is 0 Å². The quantitative estimate of drug-likeness (QED) is 0.523. The highest BCUT2D eigenvalue weighted by atomic mass is 16.6. The molecule has 2 aromatic carbocycles. The third-order valence-electron chi connectivity index (χ3n) is 8.24. The Morgan fingerprint density at radius 2 is 1.54 bits per heavy atom. The molecule has 1 amide bonds. The minimum absolute atomic E-state index is 0.0710. The summed E-state index contributed by atoms with van der Waals surface area (Å²) in [5.74, 6) is -0.505. The lowest BCUT2D eigenvalue weighted by Gasteiger charge is -2.33. The number of rotatable bonds is 5. The lowest BCUT2D eigenvalue weighted by Crippen LogP contribution is -3.15. The number of carbonyl (C=O) groups excluding carboxylic acids is 3. The van der Waals surface area contributed by atoms with E-state index < -0.39 is 0 Å². The predicted octanol–water partition coefficient (Wildman–Crippen LogP) is 1.86. The third kappa shape index (κ3) is 3.67. The number of hydrogen-bond donors (Lipinski definition) is 1. The molecule has 4 aliphatic heterocycles. The van der Waals surface area contributed by atoms with E-state index >= 15 is 0 Å². The largest absolute Gasteiger partial charge is 0.457 e. The highest BCUT2D eigenvalue weighted by molar-refractivity contribution is 5.94. The van der Waals surface area contributed by atoms with Crippen LogP contribution in [0, 0.1) is 13.8 Å². The zero-order valence-electron chi connectivity index (χ0n) is 20.0. The Balaban J connectivity index is 1.10. The molecule has 1 unspecified atom stereocenters. The van der Waals surface area contributed by atoms with Gasteiger partial charge in [-0.15, -0.1) is 0 Å². The molecule has 2 saturated heterocycles. The average Bonchev–Trinajstić information content (AvgIpc) is 3.51. The zero-order valence-corrected chi connectivity index (χ0v) is 20.0. The van der Waals surface area contributed by atoms with Crippen molar-refractivity contribution < 1.29 is 33.5 Å². The van der Waals surface area contributed by atoms with Crippen LogP contribution in [0.5, 0.6) is 0 Å². The second-order valence-electron chi connectivity index (χ2n) is 10.0. The van der Waals surface area contributed by atoms with Gasteiger partial charge in [0.05, 0.1) is 30.3 Å². The van der Waals surface area contributed by atoms with Crippen LogP contribution in [-0.2, 0) is 40.4 Å². The summed E-state index contributed by atoms with van der Waals surface area (Å²) in [6.07, 6.45) is 1.43. The molecule has 182 valence electrons. The van der Waals surface area contributed by atoms with Gasteiger partial charge in [0.1, 0.15) is 19.8 Å². The van der Waals surface area contributed by atoms with Gasteiger partial charge in [0.15, 0.2) is 6.10 Å². The number of nitrogens with one attached hydrogen (secondary N) is 1. The summed E-state index contributed by atoms with van der Waals surface area (Å²) in [4.78, 5) is 39.7. The van der Waals surface area contributed by atoms with E-state index in [4.69, 9.17) is 14.2 Å². The van der Waals surface area contributed by atoms with Crippen molar-refractivity contribution in [3.05, 3.63) is 68.8 Å². The summed E-state index contributed by atoms with van der Waals surface area (Å²) in [5.41, 5.74) is 7.70.